The Morgan fingerprint density at radius 2 is 1.84 bits per heavy atom. The Morgan fingerprint density at radius 1 is 1.16 bits per heavy atom. The van der Waals surface area contributed by atoms with E-state index >= 15 is 0 Å². The van der Waals surface area contributed by atoms with Crippen molar-refractivity contribution in [3.05, 3.63) is 70.6 Å². The van der Waals surface area contributed by atoms with Gasteiger partial charge in [0, 0.05) is 17.3 Å². The largest absolute Gasteiger partial charge is 0.388 e. The number of amides is 2. The smallest absolute Gasteiger partial charge is 0.332 e. The molecular weight excluding hydrogens is 456 g/mol. The number of halogens is 3. The third kappa shape index (κ3) is 5.85. The Kier molecular flexibility index (Phi) is 7.18. The van der Waals surface area contributed by atoms with Gasteiger partial charge in [0.2, 0.25) is 5.95 Å². The number of hydrogen-bond donors (Lipinski definition) is 3. The Labute approximate surface area is 195 Å². The van der Waals surface area contributed by atoms with Gasteiger partial charge in [0.15, 0.2) is 0 Å². The summed E-state index contributed by atoms with van der Waals surface area (Å²) < 4.78 is 13.5. The van der Waals surface area contributed by atoms with Crippen molar-refractivity contribution in [2.75, 3.05) is 15.5 Å². The number of hydrogen-bond acceptors (Lipinski definition) is 5. The van der Waals surface area contributed by atoms with Gasteiger partial charge in [0.25, 0.3) is 0 Å². The summed E-state index contributed by atoms with van der Waals surface area (Å²) in [7, 11) is 0. The predicted molar refractivity (Wildman–Crippen MR) is 125 cm³/mol. The molecule has 0 unspecified atom stereocenters. The van der Waals surface area contributed by atoms with Crippen LogP contribution in [-0.2, 0) is 0 Å². The molecule has 3 aromatic rings. The molecule has 10 heteroatoms. The third-order valence-corrected chi connectivity index (χ3v) is 5.30. The van der Waals surface area contributed by atoms with Crippen LogP contribution < -0.4 is 15.5 Å². The van der Waals surface area contributed by atoms with E-state index in [0.717, 1.165) is 0 Å². The van der Waals surface area contributed by atoms with Crippen molar-refractivity contribution >= 4 is 52.4 Å². The Bertz CT molecular complexity index is 1110. The second-order valence-corrected chi connectivity index (χ2v) is 8.47. The monoisotopic (exact) mass is 477 g/mol. The summed E-state index contributed by atoms with van der Waals surface area (Å²) in [5, 5.41) is 16.6. The SMILES string of the molecule is C[C@H](Nc1nccc(N(C(=O)Nc2cc(Cl)ccc2Cl)c2ccc(F)cc2)n1)C(C)(C)O. The first-order valence-corrected chi connectivity index (χ1v) is 10.4. The average Bonchev–Trinajstić information content (AvgIpc) is 2.72. The Hall–Kier alpha value is -2.94. The first-order valence-electron chi connectivity index (χ1n) is 9.68. The molecule has 0 aliphatic carbocycles. The van der Waals surface area contributed by atoms with E-state index in [0.29, 0.717) is 21.4 Å². The van der Waals surface area contributed by atoms with Crippen LogP contribution in [0.4, 0.5) is 32.3 Å². The highest BCUT2D eigenvalue weighted by Crippen LogP contribution is 2.29. The summed E-state index contributed by atoms with van der Waals surface area (Å²) in [5.41, 5.74) is -0.363. The van der Waals surface area contributed by atoms with Crippen LogP contribution in [0.15, 0.2) is 54.7 Å². The molecule has 0 radical (unpaired) electrons. The Balaban J connectivity index is 1.98. The number of carbonyl (C=O) groups excluding carboxylic acids is 1. The lowest BCUT2D eigenvalue weighted by Gasteiger charge is -2.27. The van der Waals surface area contributed by atoms with E-state index in [9.17, 15) is 14.3 Å². The van der Waals surface area contributed by atoms with Gasteiger partial charge in [-0.2, -0.15) is 4.98 Å². The highest BCUT2D eigenvalue weighted by atomic mass is 35.5. The number of aromatic nitrogens is 2. The molecule has 0 fully saturated rings. The second-order valence-electron chi connectivity index (χ2n) is 7.62. The fraction of sp³-hybridized carbons (Fsp3) is 0.227. The highest BCUT2D eigenvalue weighted by molar-refractivity contribution is 6.35. The molecule has 0 aliphatic rings. The molecule has 1 aromatic heterocycles. The minimum atomic E-state index is -1.03. The van der Waals surface area contributed by atoms with Gasteiger partial charge in [-0.15, -0.1) is 0 Å². The maximum atomic E-state index is 13.5. The van der Waals surface area contributed by atoms with Crippen molar-refractivity contribution in [3.63, 3.8) is 0 Å². The zero-order chi connectivity index (χ0) is 23.5. The van der Waals surface area contributed by atoms with E-state index in [-0.39, 0.29) is 17.8 Å². The fourth-order valence-corrected chi connectivity index (χ4v) is 2.96. The molecule has 1 heterocycles. The number of rotatable bonds is 6. The molecule has 168 valence electrons. The molecule has 2 aromatic carbocycles. The summed E-state index contributed by atoms with van der Waals surface area (Å²) in [5.74, 6) is -0.0263. The number of aliphatic hydroxyl groups is 1. The number of benzene rings is 2. The van der Waals surface area contributed by atoms with E-state index < -0.39 is 17.4 Å². The van der Waals surface area contributed by atoms with Crippen molar-refractivity contribution < 1.29 is 14.3 Å². The van der Waals surface area contributed by atoms with Crippen LogP contribution >= 0.6 is 23.2 Å². The first-order chi connectivity index (χ1) is 15.0. The van der Waals surface area contributed by atoms with Crippen LogP contribution in [-0.4, -0.2) is 32.7 Å². The topological polar surface area (TPSA) is 90.4 Å². The lowest BCUT2D eigenvalue weighted by molar-refractivity contribution is 0.0646. The Morgan fingerprint density at radius 3 is 2.50 bits per heavy atom. The molecule has 1 atom stereocenters. The van der Waals surface area contributed by atoms with Gasteiger partial charge >= 0.3 is 6.03 Å². The van der Waals surface area contributed by atoms with Gasteiger partial charge in [0.05, 0.1) is 28.0 Å². The lowest BCUT2D eigenvalue weighted by Crippen LogP contribution is -2.40. The van der Waals surface area contributed by atoms with Crippen LogP contribution in [0.1, 0.15) is 20.8 Å². The van der Waals surface area contributed by atoms with Gasteiger partial charge in [-0.05, 0) is 63.2 Å². The summed E-state index contributed by atoms with van der Waals surface area (Å²) in [6.07, 6.45) is 1.47. The van der Waals surface area contributed by atoms with Crippen molar-refractivity contribution in [3.8, 4) is 0 Å². The summed E-state index contributed by atoms with van der Waals surface area (Å²) >= 11 is 12.2. The zero-order valence-corrected chi connectivity index (χ0v) is 19.1. The first kappa shape index (κ1) is 23.7. The van der Waals surface area contributed by atoms with Crippen molar-refractivity contribution in [1.82, 2.24) is 9.97 Å². The zero-order valence-electron chi connectivity index (χ0n) is 17.6. The quantitative estimate of drug-likeness (QED) is 0.413. The summed E-state index contributed by atoms with van der Waals surface area (Å²) in [6, 6.07) is 10.6. The molecule has 0 saturated heterocycles. The van der Waals surface area contributed by atoms with E-state index in [1.54, 1.807) is 32.9 Å². The molecule has 0 bridgehead atoms. The van der Waals surface area contributed by atoms with Crippen molar-refractivity contribution in [2.24, 2.45) is 0 Å². The number of urea groups is 1. The molecular formula is C22H22Cl2FN5O2. The van der Waals surface area contributed by atoms with Crippen LogP contribution in [0, 0.1) is 5.82 Å². The van der Waals surface area contributed by atoms with Crippen molar-refractivity contribution in [1.29, 1.82) is 0 Å². The van der Waals surface area contributed by atoms with Gasteiger partial charge in [-0.25, -0.2) is 19.1 Å². The molecule has 2 amide bonds. The molecule has 0 saturated carbocycles. The molecule has 0 aliphatic heterocycles. The van der Waals surface area contributed by atoms with Crippen LogP contribution in [0.2, 0.25) is 10.0 Å². The predicted octanol–water partition coefficient (Wildman–Crippen LogP) is 5.86. The lowest BCUT2D eigenvalue weighted by atomic mass is 10.0. The summed E-state index contributed by atoms with van der Waals surface area (Å²) in [4.78, 5) is 23.1. The van der Waals surface area contributed by atoms with Gasteiger partial charge in [-0.1, -0.05) is 23.2 Å². The van der Waals surface area contributed by atoms with Crippen LogP contribution in [0.25, 0.3) is 0 Å². The van der Waals surface area contributed by atoms with Gasteiger partial charge in [-0.3, -0.25) is 0 Å². The second kappa shape index (κ2) is 9.68. The van der Waals surface area contributed by atoms with E-state index in [1.165, 1.54) is 47.5 Å². The van der Waals surface area contributed by atoms with Gasteiger partial charge < -0.3 is 15.7 Å². The molecule has 0 spiro atoms. The van der Waals surface area contributed by atoms with E-state index in [4.69, 9.17) is 23.2 Å². The maximum Gasteiger partial charge on any atom is 0.332 e. The number of nitrogens with one attached hydrogen (secondary N) is 2. The minimum absolute atomic E-state index is 0.206. The maximum absolute atomic E-state index is 13.5. The molecule has 32 heavy (non-hydrogen) atoms. The number of carbonyl (C=O) groups is 1. The fourth-order valence-electron chi connectivity index (χ4n) is 2.62. The van der Waals surface area contributed by atoms with Crippen LogP contribution in [0.5, 0.6) is 0 Å². The average molecular weight is 478 g/mol. The minimum Gasteiger partial charge on any atom is -0.388 e. The molecule has 3 rings (SSSR count). The molecule has 3 N–H and O–H groups in total. The van der Waals surface area contributed by atoms with Crippen molar-refractivity contribution in [2.45, 2.75) is 32.4 Å². The molecule has 7 nitrogen and oxygen atoms in total. The van der Waals surface area contributed by atoms with E-state index in [1.807, 2.05) is 0 Å². The number of nitrogens with zero attached hydrogens (tertiary/aromatic N) is 3. The van der Waals surface area contributed by atoms with Crippen LogP contribution in [0.3, 0.4) is 0 Å². The summed E-state index contributed by atoms with van der Waals surface area (Å²) in [6.45, 7) is 5.09. The highest BCUT2D eigenvalue weighted by Gasteiger charge is 2.25. The van der Waals surface area contributed by atoms with Gasteiger partial charge in [0.1, 0.15) is 11.6 Å². The third-order valence-electron chi connectivity index (χ3n) is 4.73. The standard InChI is InChI=1S/C22H22Cl2FN5O2/c1-13(22(2,3)32)27-20-26-11-10-19(29-20)30(16-7-5-15(25)6-8-16)21(31)28-18-12-14(23)4-9-17(18)24/h4-13,32H,1-3H3,(H,28,31)(H,26,27,29)/t13-/m0/s1. The van der Waals surface area contributed by atoms with E-state index in [2.05, 4.69) is 20.6 Å². The number of anilines is 4. The normalized spacial score (nSPS) is 12.2.